The van der Waals surface area contributed by atoms with Gasteiger partial charge in [0.05, 0.1) is 6.54 Å². The Hall–Kier alpha value is -3.42. The predicted molar refractivity (Wildman–Crippen MR) is 95.6 cm³/mol. The zero-order chi connectivity index (χ0) is 19.4. The zero-order valence-corrected chi connectivity index (χ0v) is 14.5. The molecule has 1 unspecified atom stereocenters. The maximum atomic E-state index is 12.5. The number of aromatic amines is 1. The molecule has 0 spiro atoms. The molecule has 2 amide bonds. The molecule has 1 aromatic heterocycles. The van der Waals surface area contributed by atoms with Crippen LogP contribution in [0, 0.1) is 0 Å². The van der Waals surface area contributed by atoms with Gasteiger partial charge in [-0.15, -0.1) is 0 Å². The number of phenolic OH excluding ortho intramolecular Hbond substituents is 1. The van der Waals surface area contributed by atoms with Crippen molar-refractivity contribution in [3.05, 3.63) is 64.1 Å². The summed E-state index contributed by atoms with van der Waals surface area (Å²) in [5.41, 5.74) is 0.935. The topological polar surface area (TPSA) is 120 Å². The van der Waals surface area contributed by atoms with E-state index in [1.54, 1.807) is 24.3 Å². The van der Waals surface area contributed by atoms with Crippen LogP contribution in [-0.4, -0.2) is 38.6 Å². The number of aromatic hydroxyl groups is 1. The van der Waals surface area contributed by atoms with E-state index in [0.717, 1.165) is 5.56 Å². The molecule has 2 heterocycles. The van der Waals surface area contributed by atoms with E-state index in [4.69, 9.17) is 0 Å². The van der Waals surface area contributed by atoms with Gasteiger partial charge in [-0.1, -0.05) is 18.2 Å². The molecule has 1 fully saturated rings. The Balaban J connectivity index is 1.64. The number of nitrogens with one attached hydrogen (secondary N) is 2. The molecule has 140 valence electrons. The summed E-state index contributed by atoms with van der Waals surface area (Å²) in [5, 5.41) is 11.8. The van der Waals surface area contributed by atoms with E-state index < -0.39 is 17.7 Å². The van der Waals surface area contributed by atoms with Crippen molar-refractivity contribution in [3.8, 4) is 5.75 Å². The number of rotatable bonds is 6. The first kappa shape index (κ1) is 18.4. The number of aromatic nitrogens is 1. The lowest BCUT2D eigenvalue weighted by molar-refractivity contribution is -0.143. The Labute approximate surface area is 154 Å². The van der Waals surface area contributed by atoms with E-state index in [-0.39, 0.29) is 43.1 Å². The summed E-state index contributed by atoms with van der Waals surface area (Å²) in [4.78, 5) is 52.1. The van der Waals surface area contributed by atoms with Gasteiger partial charge in [-0.05, 0) is 30.2 Å². The highest BCUT2D eigenvalue weighted by Crippen LogP contribution is 2.23. The summed E-state index contributed by atoms with van der Waals surface area (Å²) in [6.07, 6.45) is 0.485. The van der Waals surface area contributed by atoms with Gasteiger partial charge in [0, 0.05) is 24.7 Å². The third-order valence-electron chi connectivity index (χ3n) is 4.41. The van der Waals surface area contributed by atoms with E-state index in [9.17, 15) is 24.3 Å². The summed E-state index contributed by atoms with van der Waals surface area (Å²) in [7, 11) is 0. The summed E-state index contributed by atoms with van der Waals surface area (Å²) in [6, 6.07) is 10.0. The molecule has 1 aliphatic rings. The second-order valence-corrected chi connectivity index (χ2v) is 6.33. The predicted octanol–water partition coefficient (Wildman–Crippen LogP) is 0.457. The number of nitrogens with zero attached hydrogens (tertiary/aromatic N) is 1. The summed E-state index contributed by atoms with van der Waals surface area (Å²) in [6.45, 7) is 0.202. The lowest BCUT2D eigenvalue weighted by Gasteiger charge is -2.23. The number of benzene rings is 1. The van der Waals surface area contributed by atoms with Gasteiger partial charge in [0.15, 0.2) is 0 Å². The van der Waals surface area contributed by atoms with Gasteiger partial charge < -0.3 is 20.3 Å². The van der Waals surface area contributed by atoms with Crippen LogP contribution in [0.15, 0.2) is 47.3 Å². The fourth-order valence-electron chi connectivity index (χ4n) is 3.01. The number of likely N-dealkylation sites (tertiary alicyclic amines) is 1. The van der Waals surface area contributed by atoms with Gasteiger partial charge in [-0.25, -0.2) is 0 Å². The molecule has 3 N–H and O–H groups in total. The van der Waals surface area contributed by atoms with Gasteiger partial charge in [0.2, 0.25) is 17.2 Å². The first-order chi connectivity index (χ1) is 12.9. The van der Waals surface area contributed by atoms with Crippen molar-refractivity contribution in [3.63, 3.8) is 0 Å². The molecule has 8 heteroatoms. The molecule has 0 bridgehead atoms. The van der Waals surface area contributed by atoms with Crippen LogP contribution in [0.5, 0.6) is 5.75 Å². The summed E-state index contributed by atoms with van der Waals surface area (Å²) in [5.74, 6) is -1.56. The second kappa shape index (κ2) is 7.86. The monoisotopic (exact) mass is 369 g/mol. The van der Waals surface area contributed by atoms with Gasteiger partial charge in [0.25, 0.3) is 5.91 Å². The van der Waals surface area contributed by atoms with Crippen molar-refractivity contribution in [2.45, 2.75) is 32.0 Å². The average molecular weight is 369 g/mol. The normalized spacial score (nSPS) is 16.4. The molecule has 1 aromatic carbocycles. The van der Waals surface area contributed by atoms with Gasteiger partial charge in [-0.2, -0.15) is 0 Å². The maximum absolute atomic E-state index is 12.5. The molecule has 27 heavy (non-hydrogen) atoms. The van der Waals surface area contributed by atoms with E-state index in [0.29, 0.717) is 5.69 Å². The molecule has 0 radical (unpaired) electrons. The highest BCUT2D eigenvalue weighted by molar-refractivity contribution is 6.38. The van der Waals surface area contributed by atoms with Crippen molar-refractivity contribution in [1.29, 1.82) is 0 Å². The number of carbonyl (C=O) groups excluding carboxylic acids is 3. The van der Waals surface area contributed by atoms with Crippen LogP contribution in [0.1, 0.15) is 24.1 Å². The van der Waals surface area contributed by atoms with Crippen LogP contribution in [-0.2, 0) is 27.5 Å². The minimum atomic E-state index is -0.818. The van der Waals surface area contributed by atoms with Crippen molar-refractivity contribution in [1.82, 2.24) is 15.2 Å². The molecular weight excluding hydrogens is 350 g/mol. The Morgan fingerprint density at radius 2 is 1.89 bits per heavy atom. The standard InChI is InChI=1S/C19H19N3O5/c23-14-6-4-12(5-7-14)11-22-15(8-9-17(22)25)18(26)19(27)20-10-13-2-1-3-16(24)21-13/h1-7,15,23H,8-11H2,(H,20,27)(H,21,24). The number of amides is 2. The van der Waals surface area contributed by atoms with Gasteiger partial charge >= 0.3 is 0 Å². The third kappa shape index (κ3) is 4.41. The molecular formula is C19H19N3O5. The fraction of sp³-hybridized carbons (Fsp3) is 0.263. The van der Waals surface area contributed by atoms with Crippen molar-refractivity contribution >= 4 is 17.6 Å². The molecule has 3 rings (SSSR count). The maximum Gasteiger partial charge on any atom is 0.289 e. The second-order valence-electron chi connectivity index (χ2n) is 6.33. The SMILES string of the molecule is O=C(NCc1cccc(=O)[nH]1)C(=O)C1CCC(=O)N1Cc1ccc(O)cc1. The smallest absolute Gasteiger partial charge is 0.289 e. The zero-order valence-electron chi connectivity index (χ0n) is 14.5. The fourth-order valence-corrected chi connectivity index (χ4v) is 3.01. The third-order valence-corrected chi connectivity index (χ3v) is 4.41. The van der Waals surface area contributed by atoms with E-state index >= 15 is 0 Å². The molecule has 8 nitrogen and oxygen atoms in total. The van der Waals surface area contributed by atoms with Crippen LogP contribution < -0.4 is 10.9 Å². The molecule has 1 atom stereocenters. The number of pyridine rings is 1. The Kier molecular flexibility index (Phi) is 5.35. The van der Waals surface area contributed by atoms with E-state index in [1.807, 2.05) is 0 Å². The number of hydrogen-bond donors (Lipinski definition) is 3. The van der Waals surface area contributed by atoms with Crippen molar-refractivity contribution in [2.75, 3.05) is 0 Å². The van der Waals surface area contributed by atoms with Crippen LogP contribution in [0.2, 0.25) is 0 Å². The Morgan fingerprint density at radius 1 is 1.15 bits per heavy atom. The summed E-state index contributed by atoms with van der Waals surface area (Å²) < 4.78 is 0. The minimum absolute atomic E-state index is 0.0132. The van der Waals surface area contributed by atoms with Crippen LogP contribution in [0.4, 0.5) is 0 Å². The average Bonchev–Trinajstić information content (AvgIpc) is 3.01. The van der Waals surface area contributed by atoms with Crippen LogP contribution in [0.25, 0.3) is 0 Å². The van der Waals surface area contributed by atoms with Crippen LogP contribution >= 0.6 is 0 Å². The highest BCUT2D eigenvalue weighted by Gasteiger charge is 2.38. The van der Waals surface area contributed by atoms with Crippen molar-refractivity contribution < 1.29 is 19.5 Å². The number of phenols is 1. The Bertz CT molecular complexity index is 919. The molecule has 1 saturated heterocycles. The number of ketones is 1. The number of hydrogen-bond acceptors (Lipinski definition) is 5. The van der Waals surface area contributed by atoms with Crippen molar-refractivity contribution in [2.24, 2.45) is 0 Å². The highest BCUT2D eigenvalue weighted by atomic mass is 16.3. The quantitative estimate of drug-likeness (QED) is 0.639. The van der Waals surface area contributed by atoms with E-state index in [2.05, 4.69) is 10.3 Å². The molecule has 1 aliphatic heterocycles. The lowest BCUT2D eigenvalue weighted by atomic mass is 10.1. The number of H-pyrrole nitrogens is 1. The van der Waals surface area contributed by atoms with Gasteiger partial charge in [-0.3, -0.25) is 19.2 Å². The Morgan fingerprint density at radius 3 is 2.59 bits per heavy atom. The van der Waals surface area contributed by atoms with E-state index in [1.165, 1.54) is 23.1 Å². The largest absolute Gasteiger partial charge is 0.508 e. The molecule has 0 saturated carbocycles. The number of Topliss-reactive ketones (excluding diaryl/α,β-unsaturated/α-hetero) is 1. The lowest BCUT2D eigenvalue weighted by Crippen LogP contribution is -2.45. The first-order valence-corrected chi connectivity index (χ1v) is 8.51. The molecule has 0 aliphatic carbocycles. The summed E-state index contributed by atoms with van der Waals surface area (Å²) >= 11 is 0. The van der Waals surface area contributed by atoms with Crippen LogP contribution in [0.3, 0.4) is 0 Å². The first-order valence-electron chi connectivity index (χ1n) is 8.51. The van der Waals surface area contributed by atoms with Gasteiger partial charge in [0.1, 0.15) is 11.8 Å². The number of carbonyl (C=O) groups is 3. The minimum Gasteiger partial charge on any atom is -0.508 e. The molecule has 2 aromatic rings.